The summed E-state index contributed by atoms with van der Waals surface area (Å²) >= 11 is 3.27. The van der Waals surface area contributed by atoms with Gasteiger partial charge >= 0.3 is 0 Å². The number of rotatable bonds is 3. The molecule has 5 heteroatoms. The highest BCUT2D eigenvalue weighted by atomic mass is 32.2. The molecule has 0 fully saturated rings. The van der Waals surface area contributed by atoms with Crippen molar-refractivity contribution in [3.05, 3.63) is 35.1 Å². The van der Waals surface area contributed by atoms with Crippen LogP contribution in [0.25, 0.3) is 0 Å². The molecule has 2 rings (SSSR count). The van der Waals surface area contributed by atoms with Gasteiger partial charge in [-0.25, -0.2) is 4.98 Å². The molecule has 0 unspecified atom stereocenters. The van der Waals surface area contributed by atoms with Crippen molar-refractivity contribution in [3.63, 3.8) is 0 Å². The molecule has 0 amide bonds. The van der Waals surface area contributed by atoms with Gasteiger partial charge in [0, 0.05) is 34.9 Å². The highest BCUT2D eigenvalue weighted by Crippen LogP contribution is 2.31. The molecular formula is C10H11N3S2. The van der Waals surface area contributed by atoms with Gasteiger partial charge in [0.15, 0.2) is 4.34 Å². The second-order valence-electron chi connectivity index (χ2n) is 3.04. The summed E-state index contributed by atoms with van der Waals surface area (Å²) < 4.78 is 1.04. The molecule has 0 aliphatic heterocycles. The predicted octanol–water partition coefficient (Wildman–Crippen LogP) is 2.46. The Morgan fingerprint density at radius 3 is 3.07 bits per heavy atom. The minimum Gasteiger partial charge on any atom is -0.326 e. The molecule has 0 spiro atoms. The van der Waals surface area contributed by atoms with Gasteiger partial charge in [0.2, 0.25) is 0 Å². The number of aromatic nitrogens is 2. The second kappa shape index (κ2) is 4.74. The van der Waals surface area contributed by atoms with Gasteiger partial charge in [0.25, 0.3) is 0 Å². The number of hydrogen-bond acceptors (Lipinski definition) is 5. The van der Waals surface area contributed by atoms with Crippen LogP contribution in [0.4, 0.5) is 0 Å². The lowest BCUT2D eigenvalue weighted by Crippen LogP contribution is -1.98. The van der Waals surface area contributed by atoms with Gasteiger partial charge < -0.3 is 5.73 Å². The summed E-state index contributed by atoms with van der Waals surface area (Å²) in [5.74, 6) is 0. The Balaban J connectivity index is 2.23. The van der Waals surface area contributed by atoms with Crippen LogP contribution in [0, 0.1) is 6.92 Å². The summed E-state index contributed by atoms with van der Waals surface area (Å²) in [6.45, 7) is 2.53. The number of hydrogen-bond donors (Lipinski definition) is 1. The minimum absolute atomic E-state index is 0.537. The van der Waals surface area contributed by atoms with E-state index in [1.807, 2.05) is 24.6 Å². The molecule has 2 heterocycles. The fraction of sp³-hybridized carbons (Fsp3) is 0.200. The maximum absolute atomic E-state index is 5.65. The third-order valence-electron chi connectivity index (χ3n) is 1.89. The molecule has 0 radical (unpaired) electrons. The highest BCUT2D eigenvalue weighted by molar-refractivity contribution is 8.01. The smallest absolute Gasteiger partial charge is 0.154 e. The Labute approximate surface area is 96.8 Å². The number of pyridine rings is 1. The van der Waals surface area contributed by atoms with Gasteiger partial charge in [-0.1, -0.05) is 11.8 Å². The van der Waals surface area contributed by atoms with Crippen molar-refractivity contribution in [1.29, 1.82) is 0 Å². The number of nitrogens with zero attached hydrogens (tertiary/aromatic N) is 2. The van der Waals surface area contributed by atoms with Crippen LogP contribution in [0.15, 0.2) is 33.1 Å². The molecular weight excluding hydrogens is 226 g/mol. The molecule has 0 bridgehead atoms. The van der Waals surface area contributed by atoms with Crippen LogP contribution in [0.5, 0.6) is 0 Å². The molecule has 0 saturated heterocycles. The van der Waals surface area contributed by atoms with E-state index in [-0.39, 0.29) is 0 Å². The van der Waals surface area contributed by atoms with Crippen molar-refractivity contribution >= 4 is 23.1 Å². The summed E-state index contributed by atoms with van der Waals surface area (Å²) in [5.41, 5.74) is 7.82. The summed E-state index contributed by atoms with van der Waals surface area (Å²) in [7, 11) is 0. The predicted molar refractivity (Wildman–Crippen MR) is 63.1 cm³/mol. The fourth-order valence-electron chi connectivity index (χ4n) is 1.14. The van der Waals surface area contributed by atoms with E-state index in [0.29, 0.717) is 6.54 Å². The maximum atomic E-state index is 5.65. The Kier molecular flexibility index (Phi) is 3.35. The molecule has 3 nitrogen and oxygen atoms in total. The van der Waals surface area contributed by atoms with Crippen molar-refractivity contribution in [2.24, 2.45) is 5.73 Å². The molecule has 0 atom stereocenters. The summed E-state index contributed by atoms with van der Waals surface area (Å²) in [6, 6.07) is 1.95. The van der Waals surface area contributed by atoms with E-state index in [2.05, 4.69) is 9.97 Å². The van der Waals surface area contributed by atoms with Crippen molar-refractivity contribution in [2.45, 2.75) is 22.7 Å². The van der Waals surface area contributed by atoms with Gasteiger partial charge in [-0.2, -0.15) is 0 Å². The summed E-state index contributed by atoms with van der Waals surface area (Å²) in [6.07, 6.45) is 3.60. The van der Waals surface area contributed by atoms with Gasteiger partial charge in [-0.05, 0) is 18.6 Å². The number of thiazole rings is 1. The molecule has 78 valence electrons. The monoisotopic (exact) mass is 237 g/mol. The van der Waals surface area contributed by atoms with Gasteiger partial charge in [0.1, 0.15) is 0 Å². The SMILES string of the molecule is Cc1csc(Sc2cnccc2CN)n1. The quantitative estimate of drug-likeness (QED) is 0.891. The first-order valence-corrected chi connectivity index (χ1v) is 6.22. The summed E-state index contributed by atoms with van der Waals surface area (Å²) in [5, 5.41) is 2.04. The van der Waals surface area contributed by atoms with Crippen LogP contribution in [-0.4, -0.2) is 9.97 Å². The normalized spacial score (nSPS) is 10.5. The van der Waals surface area contributed by atoms with E-state index in [1.54, 1.807) is 29.3 Å². The van der Waals surface area contributed by atoms with E-state index < -0.39 is 0 Å². The van der Waals surface area contributed by atoms with Crippen molar-refractivity contribution < 1.29 is 0 Å². The third kappa shape index (κ3) is 2.56. The highest BCUT2D eigenvalue weighted by Gasteiger charge is 2.05. The molecule has 0 aliphatic carbocycles. The first-order chi connectivity index (χ1) is 7.29. The van der Waals surface area contributed by atoms with Crippen LogP contribution in [0.2, 0.25) is 0 Å². The van der Waals surface area contributed by atoms with Crippen LogP contribution in [0.1, 0.15) is 11.3 Å². The zero-order chi connectivity index (χ0) is 10.7. The third-order valence-corrected chi connectivity index (χ3v) is 4.03. The van der Waals surface area contributed by atoms with Crippen molar-refractivity contribution in [2.75, 3.05) is 0 Å². The van der Waals surface area contributed by atoms with E-state index in [4.69, 9.17) is 5.73 Å². The lowest BCUT2D eigenvalue weighted by Gasteiger charge is -2.03. The van der Waals surface area contributed by atoms with E-state index in [9.17, 15) is 0 Å². The van der Waals surface area contributed by atoms with Crippen LogP contribution in [0.3, 0.4) is 0 Å². The van der Waals surface area contributed by atoms with Crippen molar-refractivity contribution in [1.82, 2.24) is 9.97 Å². The van der Waals surface area contributed by atoms with E-state index >= 15 is 0 Å². The fourth-order valence-corrected chi connectivity index (χ4v) is 3.04. The maximum Gasteiger partial charge on any atom is 0.154 e. The topological polar surface area (TPSA) is 51.8 Å². The van der Waals surface area contributed by atoms with Crippen LogP contribution in [-0.2, 0) is 6.54 Å². The van der Waals surface area contributed by atoms with Gasteiger partial charge in [-0.3, -0.25) is 4.98 Å². The molecule has 0 saturated carbocycles. The largest absolute Gasteiger partial charge is 0.326 e. The lowest BCUT2D eigenvalue weighted by molar-refractivity contribution is 1.00. The number of nitrogens with two attached hydrogens (primary N) is 1. The van der Waals surface area contributed by atoms with E-state index in [1.165, 1.54) is 0 Å². The van der Waals surface area contributed by atoms with Gasteiger partial charge in [-0.15, -0.1) is 11.3 Å². The average molecular weight is 237 g/mol. The molecule has 0 aliphatic rings. The Bertz CT molecular complexity index is 453. The Hall–Kier alpha value is -0.910. The first kappa shape index (κ1) is 10.6. The zero-order valence-electron chi connectivity index (χ0n) is 8.30. The minimum atomic E-state index is 0.537. The standard InChI is InChI=1S/C10H11N3S2/c1-7-6-14-10(13-7)15-9-5-12-3-2-8(9)4-11/h2-3,5-6H,4,11H2,1H3. The second-order valence-corrected chi connectivity index (χ2v) is 5.19. The molecule has 2 aromatic heterocycles. The Morgan fingerprint density at radius 2 is 2.40 bits per heavy atom. The summed E-state index contributed by atoms with van der Waals surface area (Å²) in [4.78, 5) is 9.58. The lowest BCUT2D eigenvalue weighted by atomic mass is 10.3. The van der Waals surface area contributed by atoms with Crippen molar-refractivity contribution in [3.8, 4) is 0 Å². The average Bonchev–Trinajstić information content (AvgIpc) is 2.65. The Morgan fingerprint density at radius 1 is 1.53 bits per heavy atom. The number of aryl methyl sites for hydroxylation is 1. The molecule has 15 heavy (non-hydrogen) atoms. The van der Waals surface area contributed by atoms with Crippen LogP contribution < -0.4 is 5.73 Å². The molecule has 0 aromatic carbocycles. The van der Waals surface area contributed by atoms with E-state index in [0.717, 1.165) is 20.5 Å². The first-order valence-electron chi connectivity index (χ1n) is 4.52. The zero-order valence-corrected chi connectivity index (χ0v) is 9.94. The molecule has 2 aromatic rings. The van der Waals surface area contributed by atoms with Crippen LogP contribution >= 0.6 is 23.1 Å². The van der Waals surface area contributed by atoms with Gasteiger partial charge in [0.05, 0.1) is 0 Å². The molecule has 2 N–H and O–H groups in total.